The van der Waals surface area contributed by atoms with Crippen LogP contribution < -0.4 is 9.46 Å². The third kappa shape index (κ3) is 7.45. The van der Waals surface area contributed by atoms with Gasteiger partial charge in [0.1, 0.15) is 5.75 Å². The first kappa shape index (κ1) is 20.3. The van der Waals surface area contributed by atoms with Gasteiger partial charge in [-0.05, 0) is 55.7 Å². The van der Waals surface area contributed by atoms with Gasteiger partial charge in [-0.25, -0.2) is 8.42 Å². The second-order valence-electron chi connectivity index (χ2n) is 6.28. The molecule has 0 amide bonds. The summed E-state index contributed by atoms with van der Waals surface area (Å²) in [4.78, 5) is 0. The minimum Gasteiger partial charge on any atom is -0.493 e. The molecule has 2 rings (SSSR count). The molecule has 6 heteroatoms. The smallest absolute Gasteiger partial charge is 0.229 e. The number of hydrogen-bond acceptors (Lipinski definition) is 4. The second kappa shape index (κ2) is 9.59. The van der Waals surface area contributed by atoms with Crippen LogP contribution in [0.5, 0.6) is 5.75 Å². The molecule has 0 bridgehead atoms. The summed E-state index contributed by atoms with van der Waals surface area (Å²) in [5.41, 5.74) is 2.88. The van der Waals surface area contributed by atoms with Gasteiger partial charge in [0.25, 0.3) is 0 Å². The fourth-order valence-corrected chi connectivity index (χ4v) is 3.20. The lowest BCUT2D eigenvalue weighted by atomic mass is 10.1. The third-order valence-corrected chi connectivity index (χ3v) is 4.42. The summed E-state index contributed by atoms with van der Waals surface area (Å²) in [6.07, 6.45) is 2.99. The van der Waals surface area contributed by atoms with Crippen LogP contribution in [0.15, 0.2) is 48.5 Å². The minimum absolute atomic E-state index is 0.215. The van der Waals surface area contributed by atoms with E-state index in [2.05, 4.69) is 23.8 Å². The molecule has 0 spiro atoms. The number of hydrogen-bond donors (Lipinski definition) is 1. The molecule has 142 valence electrons. The standard InChI is InChI=1S/C20H27NO4S/c1-4-24-16(2)15-18-7-11-20(12-8-18)25-14-13-17-5-9-19(10-6-17)21-26(3,22)23/h5-12,16,21H,4,13-15H2,1-3H3. The van der Waals surface area contributed by atoms with Crippen molar-refractivity contribution in [2.24, 2.45) is 0 Å². The Balaban J connectivity index is 1.78. The van der Waals surface area contributed by atoms with Gasteiger partial charge >= 0.3 is 0 Å². The van der Waals surface area contributed by atoms with E-state index in [1.807, 2.05) is 31.2 Å². The quantitative estimate of drug-likeness (QED) is 0.686. The number of anilines is 1. The summed E-state index contributed by atoms with van der Waals surface area (Å²) >= 11 is 0. The molecule has 0 aliphatic rings. The first-order valence-electron chi connectivity index (χ1n) is 8.76. The molecule has 0 saturated heterocycles. The summed E-state index contributed by atoms with van der Waals surface area (Å²) in [5.74, 6) is 0.841. The van der Waals surface area contributed by atoms with Gasteiger partial charge < -0.3 is 9.47 Å². The Hall–Kier alpha value is -2.05. The lowest BCUT2D eigenvalue weighted by molar-refractivity contribution is 0.0768. The maximum Gasteiger partial charge on any atom is 0.229 e. The molecule has 1 atom stereocenters. The highest BCUT2D eigenvalue weighted by atomic mass is 32.2. The molecular weight excluding hydrogens is 350 g/mol. The summed E-state index contributed by atoms with van der Waals surface area (Å²) in [7, 11) is -3.24. The summed E-state index contributed by atoms with van der Waals surface area (Å²) < 4.78 is 36.2. The molecule has 0 fully saturated rings. The van der Waals surface area contributed by atoms with Crippen LogP contribution in [-0.2, 0) is 27.6 Å². The van der Waals surface area contributed by atoms with Crippen molar-refractivity contribution in [1.82, 2.24) is 0 Å². The van der Waals surface area contributed by atoms with Crippen molar-refractivity contribution in [3.63, 3.8) is 0 Å². The molecule has 1 N–H and O–H groups in total. The monoisotopic (exact) mass is 377 g/mol. The lowest BCUT2D eigenvalue weighted by Crippen LogP contribution is -2.11. The summed E-state index contributed by atoms with van der Waals surface area (Å²) in [6.45, 7) is 5.37. The third-order valence-electron chi connectivity index (χ3n) is 3.81. The van der Waals surface area contributed by atoms with Crippen LogP contribution in [0, 0.1) is 0 Å². The van der Waals surface area contributed by atoms with Crippen LogP contribution in [0.4, 0.5) is 5.69 Å². The van der Waals surface area contributed by atoms with Crippen LogP contribution in [0.1, 0.15) is 25.0 Å². The van der Waals surface area contributed by atoms with E-state index in [9.17, 15) is 8.42 Å². The van der Waals surface area contributed by atoms with E-state index >= 15 is 0 Å². The van der Waals surface area contributed by atoms with Crippen molar-refractivity contribution in [3.05, 3.63) is 59.7 Å². The van der Waals surface area contributed by atoms with E-state index in [4.69, 9.17) is 9.47 Å². The Labute approximate surface area is 156 Å². The zero-order valence-corrected chi connectivity index (χ0v) is 16.4. The van der Waals surface area contributed by atoms with Crippen molar-refractivity contribution in [2.45, 2.75) is 32.8 Å². The molecule has 0 aromatic heterocycles. The number of sulfonamides is 1. The van der Waals surface area contributed by atoms with Crippen molar-refractivity contribution in [1.29, 1.82) is 0 Å². The predicted molar refractivity (Wildman–Crippen MR) is 105 cm³/mol. The molecular formula is C20H27NO4S. The Morgan fingerprint density at radius 3 is 2.19 bits per heavy atom. The highest BCUT2D eigenvalue weighted by Gasteiger charge is 2.04. The van der Waals surface area contributed by atoms with Crippen LogP contribution >= 0.6 is 0 Å². The highest BCUT2D eigenvalue weighted by molar-refractivity contribution is 7.92. The van der Waals surface area contributed by atoms with Crippen LogP contribution in [0.2, 0.25) is 0 Å². The number of nitrogens with one attached hydrogen (secondary N) is 1. The molecule has 5 nitrogen and oxygen atoms in total. The summed E-state index contributed by atoms with van der Waals surface area (Å²) in [6, 6.07) is 15.4. The van der Waals surface area contributed by atoms with Crippen LogP contribution in [-0.4, -0.2) is 34.0 Å². The Kier molecular flexibility index (Phi) is 7.48. The Morgan fingerprint density at radius 2 is 1.62 bits per heavy atom. The van der Waals surface area contributed by atoms with Gasteiger partial charge in [-0.15, -0.1) is 0 Å². The van der Waals surface area contributed by atoms with Crippen molar-refractivity contribution in [3.8, 4) is 5.75 Å². The van der Waals surface area contributed by atoms with Gasteiger partial charge in [-0.3, -0.25) is 4.72 Å². The topological polar surface area (TPSA) is 64.6 Å². The van der Waals surface area contributed by atoms with E-state index in [-0.39, 0.29) is 6.10 Å². The fraction of sp³-hybridized carbons (Fsp3) is 0.400. The number of rotatable bonds is 10. The maximum atomic E-state index is 11.2. The molecule has 2 aromatic rings. The van der Waals surface area contributed by atoms with Crippen molar-refractivity contribution < 1.29 is 17.9 Å². The van der Waals surface area contributed by atoms with Crippen LogP contribution in [0.25, 0.3) is 0 Å². The maximum absolute atomic E-state index is 11.2. The van der Waals surface area contributed by atoms with E-state index < -0.39 is 10.0 Å². The normalized spacial score (nSPS) is 12.6. The summed E-state index contributed by atoms with van der Waals surface area (Å²) in [5, 5.41) is 0. The number of benzene rings is 2. The largest absolute Gasteiger partial charge is 0.493 e. The zero-order valence-electron chi connectivity index (χ0n) is 15.6. The molecule has 0 radical (unpaired) electrons. The van der Waals surface area contributed by atoms with E-state index in [0.717, 1.165) is 37.0 Å². The predicted octanol–water partition coefficient (Wildman–Crippen LogP) is 3.65. The minimum atomic E-state index is -3.24. The zero-order chi connectivity index (χ0) is 19.0. The van der Waals surface area contributed by atoms with Crippen molar-refractivity contribution >= 4 is 15.7 Å². The average molecular weight is 378 g/mol. The fourth-order valence-electron chi connectivity index (χ4n) is 2.64. The SMILES string of the molecule is CCOC(C)Cc1ccc(OCCc2ccc(NS(C)(=O)=O)cc2)cc1. The molecule has 0 aliphatic carbocycles. The van der Waals surface area contributed by atoms with Gasteiger partial charge in [0.15, 0.2) is 0 Å². The van der Waals surface area contributed by atoms with E-state index in [1.54, 1.807) is 12.1 Å². The number of ether oxygens (including phenoxy) is 2. The molecule has 1 unspecified atom stereocenters. The second-order valence-corrected chi connectivity index (χ2v) is 8.03. The first-order chi connectivity index (χ1) is 12.4. The average Bonchev–Trinajstić information content (AvgIpc) is 2.57. The van der Waals surface area contributed by atoms with Gasteiger partial charge in [0.2, 0.25) is 10.0 Å². The van der Waals surface area contributed by atoms with Gasteiger partial charge in [0.05, 0.1) is 19.0 Å². The van der Waals surface area contributed by atoms with Crippen molar-refractivity contribution in [2.75, 3.05) is 24.2 Å². The molecule has 2 aromatic carbocycles. The first-order valence-corrected chi connectivity index (χ1v) is 10.6. The van der Waals surface area contributed by atoms with Gasteiger partial charge in [0, 0.05) is 18.7 Å². The molecule has 0 aliphatic heterocycles. The van der Waals surface area contributed by atoms with Gasteiger partial charge in [-0.2, -0.15) is 0 Å². The van der Waals surface area contributed by atoms with E-state index in [1.165, 1.54) is 5.56 Å². The molecule has 26 heavy (non-hydrogen) atoms. The molecule has 0 heterocycles. The Morgan fingerprint density at radius 1 is 1.00 bits per heavy atom. The lowest BCUT2D eigenvalue weighted by Gasteiger charge is -2.12. The van der Waals surface area contributed by atoms with Gasteiger partial charge in [-0.1, -0.05) is 24.3 Å². The highest BCUT2D eigenvalue weighted by Crippen LogP contribution is 2.16. The Bertz CT molecular complexity index is 770. The molecule has 0 saturated carbocycles. The van der Waals surface area contributed by atoms with Crippen LogP contribution in [0.3, 0.4) is 0 Å². The van der Waals surface area contributed by atoms with E-state index in [0.29, 0.717) is 12.3 Å².